The first kappa shape index (κ1) is 38.7. The summed E-state index contributed by atoms with van der Waals surface area (Å²) in [6.07, 6.45) is 23.8. The van der Waals surface area contributed by atoms with Crippen LogP contribution in [0.25, 0.3) is 0 Å². The quantitative estimate of drug-likeness (QED) is 0.0603. The van der Waals surface area contributed by atoms with Gasteiger partial charge in [0.15, 0.2) is 0 Å². The maximum absolute atomic E-state index is 6.79. The van der Waals surface area contributed by atoms with Gasteiger partial charge in [-0.05, 0) is 46.5 Å². The van der Waals surface area contributed by atoms with Gasteiger partial charge in [0.2, 0.25) is 0 Å². The Hall–Kier alpha value is -0.420. The van der Waals surface area contributed by atoms with Crippen LogP contribution in [0.5, 0.6) is 0 Å². The summed E-state index contributed by atoms with van der Waals surface area (Å²) in [7, 11) is 0. The predicted molar refractivity (Wildman–Crippen MR) is 162 cm³/mol. The molecule has 4 nitrogen and oxygen atoms in total. The Morgan fingerprint density at radius 1 is 0.486 bits per heavy atom. The van der Waals surface area contributed by atoms with Gasteiger partial charge in [0.1, 0.15) is 5.60 Å². The summed E-state index contributed by atoms with van der Waals surface area (Å²) in [5, 5.41) is 0. The van der Waals surface area contributed by atoms with Crippen LogP contribution in [0, 0.1) is 0 Å². The molecule has 0 aromatic heterocycles. The zero-order valence-corrected chi connectivity index (χ0v) is 26.5. The highest BCUT2D eigenvalue weighted by atomic mass is 16.9. The molecular formula is C33H68O4. The fourth-order valence-electron chi connectivity index (χ4n) is 4.85. The summed E-state index contributed by atoms with van der Waals surface area (Å²) in [4.78, 5) is 0. The Morgan fingerprint density at radius 2 is 0.892 bits per heavy atom. The third kappa shape index (κ3) is 18.5. The Bertz CT molecular complexity index is 437. The normalized spacial score (nSPS) is 13.2. The number of ether oxygens (including phenoxy) is 4. The second-order valence-corrected chi connectivity index (χ2v) is 10.1. The van der Waals surface area contributed by atoms with Crippen molar-refractivity contribution in [2.24, 2.45) is 0 Å². The second kappa shape index (κ2) is 28.6. The topological polar surface area (TPSA) is 36.9 Å². The van der Waals surface area contributed by atoms with Gasteiger partial charge in [-0.2, -0.15) is 0 Å². The average Bonchev–Trinajstić information content (AvgIpc) is 2.90. The van der Waals surface area contributed by atoms with Gasteiger partial charge < -0.3 is 18.9 Å². The summed E-state index contributed by atoms with van der Waals surface area (Å²) in [5.74, 6) is -1.12. The molecule has 0 amide bonds. The first-order valence-corrected chi connectivity index (χ1v) is 16.2. The van der Waals surface area contributed by atoms with Gasteiger partial charge >= 0.3 is 5.97 Å². The standard InChI is InChI=1S/C29H60O4.C4H8/c1-7-13-15-17-19-20-22-24-27-33-28(25-9-3,26-23-21-18-16-14-8-2)29(30-10-4,31-11-5)32-12-6;1-3-4-2/h7-27H2,1-6H3;3H,1,4H2,2H3. The van der Waals surface area contributed by atoms with Gasteiger partial charge in [0.05, 0.1) is 0 Å². The molecule has 0 aliphatic carbocycles. The summed E-state index contributed by atoms with van der Waals surface area (Å²) < 4.78 is 25.7. The molecule has 0 saturated heterocycles. The third-order valence-electron chi connectivity index (χ3n) is 6.81. The molecule has 224 valence electrons. The van der Waals surface area contributed by atoms with Crippen LogP contribution in [0.15, 0.2) is 12.7 Å². The summed E-state index contributed by atoms with van der Waals surface area (Å²) in [5.41, 5.74) is -0.560. The largest absolute Gasteiger partial charge is 0.367 e. The molecule has 0 N–H and O–H groups in total. The first-order valence-electron chi connectivity index (χ1n) is 16.2. The highest BCUT2D eigenvalue weighted by Crippen LogP contribution is 2.41. The van der Waals surface area contributed by atoms with E-state index in [0.717, 1.165) is 45.1 Å². The number of unbranched alkanes of at least 4 members (excludes halogenated alkanes) is 12. The van der Waals surface area contributed by atoms with Crippen LogP contribution in [0.3, 0.4) is 0 Å². The smallest absolute Gasteiger partial charge is 0.313 e. The van der Waals surface area contributed by atoms with Crippen LogP contribution in [-0.4, -0.2) is 38.0 Å². The van der Waals surface area contributed by atoms with Crippen LogP contribution >= 0.6 is 0 Å². The van der Waals surface area contributed by atoms with Gasteiger partial charge in [0.25, 0.3) is 0 Å². The highest BCUT2D eigenvalue weighted by molar-refractivity contribution is 4.92. The van der Waals surface area contributed by atoms with Gasteiger partial charge in [-0.15, -0.1) is 6.58 Å². The van der Waals surface area contributed by atoms with Gasteiger partial charge in [0, 0.05) is 26.4 Å². The van der Waals surface area contributed by atoms with Gasteiger partial charge in [-0.25, -0.2) is 0 Å². The van der Waals surface area contributed by atoms with Crippen molar-refractivity contribution in [1.82, 2.24) is 0 Å². The van der Waals surface area contributed by atoms with Crippen LogP contribution in [-0.2, 0) is 18.9 Å². The molecule has 0 aliphatic rings. The van der Waals surface area contributed by atoms with E-state index in [1.807, 2.05) is 26.8 Å². The molecule has 0 radical (unpaired) electrons. The van der Waals surface area contributed by atoms with Crippen molar-refractivity contribution in [1.29, 1.82) is 0 Å². The second-order valence-electron chi connectivity index (χ2n) is 10.1. The van der Waals surface area contributed by atoms with E-state index in [9.17, 15) is 0 Å². The molecule has 0 heterocycles. The molecule has 37 heavy (non-hydrogen) atoms. The maximum atomic E-state index is 6.79. The molecule has 0 aromatic rings. The van der Waals surface area contributed by atoms with Crippen molar-refractivity contribution >= 4 is 0 Å². The number of allylic oxidation sites excluding steroid dienone is 1. The summed E-state index contributed by atoms with van der Waals surface area (Å²) in [6, 6.07) is 0. The molecule has 0 aliphatic heterocycles. The molecule has 0 saturated carbocycles. The zero-order chi connectivity index (χ0) is 28.1. The van der Waals surface area contributed by atoms with E-state index in [1.165, 1.54) is 77.0 Å². The number of hydrogen-bond donors (Lipinski definition) is 0. The van der Waals surface area contributed by atoms with E-state index < -0.39 is 11.6 Å². The van der Waals surface area contributed by atoms with Crippen molar-refractivity contribution in [3.63, 3.8) is 0 Å². The highest BCUT2D eigenvalue weighted by Gasteiger charge is 2.55. The Morgan fingerprint density at radius 3 is 1.27 bits per heavy atom. The molecule has 4 heteroatoms. The monoisotopic (exact) mass is 529 g/mol. The number of rotatable bonds is 27. The summed E-state index contributed by atoms with van der Waals surface area (Å²) >= 11 is 0. The van der Waals surface area contributed by atoms with Crippen molar-refractivity contribution in [3.8, 4) is 0 Å². The minimum absolute atomic E-state index is 0.545. The molecule has 1 atom stereocenters. The molecule has 0 rings (SSSR count). The van der Waals surface area contributed by atoms with E-state index in [2.05, 4.69) is 34.3 Å². The van der Waals surface area contributed by atoms with E-state index in [4.69, 9.17) is 18.9 Å². The third-order valence-corrected chi connectivity index (χ3v) is 6.81. The van der Waals surface area contributed by atoms with Crippen molar-refractivity contribution in [2.45, 2.75) is 176 Å². The van der Waals surface area contributed by atoms with Crippen LogP contribution < -0.4 is 0 Å². The van der Waals surface area contributed by atoms with E-state index in [1.54, 1.807) is 0 Å². The average molecular weight is 529 g/mol. The number of hydrogen-bond acceptors (Lipinski definition) is 4. The Kier molecular flexibility index (Phi) is 29.9. The van der Waals surface area contributed by atoms with E-state index in [-0.39, 0.29) is 0 Å². The molecule has 0 fully saturated rings. The van der Waals surface area contributed by atoms with Crippen molar-refractivity contribution in [2.75, 3.05) is 26.4 Å². The van der Waals surface area contributed by atoms with Crippen molar-refractivity contribution < 1.29 is 18.9 Å². The summed E-state index contributed by atoms with van der Waals surface area (Å²) in [6.45, 7) is 20.8. The first-order chi connectivity index (χ1) is 18.0. The zero-order valence-electron chi connectivity index (χ0n) is 26.5. The van der Waals surface area contributed by atoms with E-state index in [0.29, 0.717) is 19.8 Å². The molecule has 0 bridgehead atoms. The fraction of sp³-hybridized carbons (Fsp3) is 0.939. The molecule has 0 spiro atoms. The van der Waals surface area contributed by atoms with Gasteiger partial charge in [-0.3, -0.25) is 0 Å². The lowest BCUT2D eigenvalue weighted by Crippen LogP contribution is -2.61. The van der Waals surface area contributed by atoms with Crippen LogP contribution in [0.1, 0.15) is 164 Å². The van der Waals surface area contributed by atoms with E-state index >= 15 is 0 Å². The van der Waals surface area contributed by atoms with Gasteiger partial charge in [-0.1, -0.05) is 124 Å². The maximum Gasteiger partial charge on any atom is 0.313 e. The lowest BCUT2D eigenvalue weighted by molar-refractivity contribution is -0.447. The lowest BCUT2D eigenvalue weighted by Gasteiger charge is -2.48. The van der Waals surface area contributed by atoms with Crippen LogP contribution in [0.4, 0.5) is 0 Å². The Labute approximate surface area is 233 Å². The Balaban J connectivity index is 0. The minimum Gasteiger partial charge on any atom is -0.367 e. The van der Waals surface area contributed by atoms with Crippen LogP contribution in [0.2, 0.25) is 0 Å². The molecule has 1 unspecified atom stereocenters. The minimum atomic E-state index is -1.12. The predicted octanol–water partition coefficient (Wildman–Crippen LogP) is 10.8. The lowest BCUT2D eigenvalue weighted by atomic mass is 9.87. The SMILES string of the molecule is C=CCC.CCCCCCCCCCOC(CCC)(CCCCCCCC)C(OCC)(OCC)OCC. The molecular weight excluding hydrogens is 460 g/mol. The fourth-order valence-corrected chi connectivity index (χ4v) is 4.85. The molecule has 0 aromatic carbocycles. The van der Waals surface area contributed by atoms with Crippen molar-refractivity contribution in [3.05, 3.63) is 12.7 Å².